The smallest absolute Gasteiger partial charge is 0.244 e. The molecule has 0 unspecified atom stereocenters. The molecule has 1 amide bonds. The summed E-state index contributed by atoms with van der Waals surface area (Å²) in [6.45, 7) is -0.225. The number of ether oxygens (including phenoxy) is 2. The van der Waals surface area contributed by atoms with Crippen LogP contribution in [0, 0.1) is 0 Å². The Hall–Kier alpha value is -2.52. The average molecular weight is 354 g/mol. The van der Waals surface area contributed by atoms with E-state index in [0.717, 1.165) is 0 Å². The van der Waals surface area contributed by atoms with E-state index in [4.69, 9.17) is 13.9 Å². The summed E-state index contributed by atoms with van der Waals surface area (Å²) in [7, 11) is -1.10. The van der Waals surface area contributed by atoms with Gasteiger partial charge in [-0.2, -0.15) is 0 Å². The third-order valence-corrected chi connectivity index (χ3v) is 4.56. The number of benzene rings is 1. The minimum atomic E-state index is -3.91. The van der Waals surface area contributed by atoms with Crippen LogP contribution in [0.25, 0.3) is 0 Å². The maximum absolute atomic E-state index is 12.3. The Morgan fingerprint density at radius 3 is 2.62 bits per heavy atom. The number of furan rings is 1. The van der Waals surface area contributed by atoms with Crippen LogP contribution in [0.3, 0.4) is 0 Å². The molecule has 130 valence electrons. The van der Waals surface area contributed by atoms with Crippen molar-refractivity contribution in [1.82, 2.24) is 10.0 Å². The molecule has 0 aliphatic rings. The standard InChI is InChI=1S/C15H18N2O6S/c1-21-11-5-6-14(13(8-11)22-2)24(19,20)17-10-15(18)16-9-12-4-3-7-23-12/h3-8,17H,9-10H2,1-2H3,(H,16,18). The number of sulfonamides is 1. The summed E-state index contributed by atoms with van der Waals surface area (Å²) in [6, 6.07) is 7.69. The third kappa shape index (κ3) is 4.49. The molecule has 1 aromatic heterocycles. The van der Waals surface area contributed by atoms with E-state index >= 15 is 0 Å². The number of amides is 1. The van der Waals surface area contributed by atoms with Gasteiger partial charge in [0.05, 0.1) is 33.6 Å². The van der Waals surface area contributed by atoms with Crippen molar-refractivity contribution in [2.75, 3.05) is 20.8 Å². The van der Waals surface area contributed by atoms with Gasteiger partial charge in [0.1, 0.15) is 22.2 Å². The van der Waals surface area contributed by atoms with E-state index in [1.807, 2.05) is 0 Å². The van der Waals surface area contributed by atoms with Crippen molar-refractivity contribution < 1.29 is 27.1 Å². The van der Waals surface area contributed by atoms with E-state index in [-0.39, 0.29) is 17.2 Å². The van der Waals surface area contributed by atoms with Crippen LogP contribution in [-0.4, -0.2) is 35.1 Å². The minimum absolute atomic E-state index is 0.0790. The Bertz CT molecular complexity index is 786. The molecule has 0 bridgehead atoms. The molecule has 0 aliphatic heterocycles. The van der Waals surface area contributed by atoms with Gasteiger partial charge in [0.25, 0.3) is 0 Å². The van der Waals surface area contributed by atoms with Crippen LogP contribution in [0.2, 0.25) is 0 Å². The predicted octanol–water partition coefficient (Wildman–Crippen LogP) is 0.891. The SMILES string of the molecule is COc1ccc(S(=O)(=O)NCC(=O)NCc2ccco2)c(OC)c1. The molecule has 24 heavy (non-hydrogen) atoms. The van der Waals surface area contributed by atoms with Crippen LogP contribution in [0.5, 0.6) is 11.5 Å². The zero-order valence-corrected chi connectivity index (χ0v) is 14.1. The summed E-state index contributed by atoms with van der Waals surface area (Å²) >= 11 is 0. The largest absolute Gasteiger partial charge is 0.497 e. The molecule has 0 spiro atoms. The minimum Gasteiger partial charge on any atom is -0.497 e. The average Bonchev–Trinajstić information content (AvgIpc) is 3.11. The first-order valence-electron chi connectivity index (χ1n) is 6.97. The van der Waals surface area contributed by atoms with Crippen molar-refractivity contribution in [3.8, 4) is 11.5 Å². The van der Waals surface area contributed by atoms with Gasteiger partial charge in [0.2, 0.25) is 15.9 Å². The van der Waals surface area contributed by atoms with Gasteiger partial charge < -0.3 is 19.2 Å². The molecule has 2 aromatic rings. The Morgan fingerprint density at radius 2 is 2.00 bits per heavy atom. The lowest BCUT2D eigenvalue weighted by atomic mass is 10.3. The lowest BCUT2D eigenvalue weighted by molar-refractivity contribution is -0.120. The molecule has 2 rings (SSSR count). The van der Waals surface area contributed by atoms with E-state index in [9.17, 15) is 13.2 Å². The highest BCUT2D eigenvalue weighted by Gasteiger charge is 2.21. The van der Waals surface area contributed by atoms with E-state index in [0.29, 0.717) is 11.5 Å². The van der Waals surface area contributed by atoms with Gasteiger partial charge in [-0.25, -0.2) is 13.1 Å². The fourth-order valence-corrected chi connectivity index (χ4v) is 3.03. The van der Waals surface area contributed by atoms with Crippen molar-refractivity contribution in [2.45, 2.75) is 11.4 Å². The number of hydrogen-bond donors (Lipinski definition) is 2. The van der Waals surface area contributed by atoms with Crippen LogP contribution in [-0.2, 0) is 21.4 Å². The first kappa shape index (κ1) is 17.8. The molecule has 1 heterocycles. The zero-order chi connectivity index (χ0) is 17.6. The molecule has 2 N–H and O–H groups in total. The number of carbonyl (C=O) groups is 1. The molecule has 0 saturated carbocycles. The molecule has 9 heteroatoms. The second-order valence-electron chi connectivity index (χ2n) is 4.70. The zero-order valence-electron chi connectivity index (χ0n) is 13.2. The van der Waals surface area contributed by atoms with E-state index in [1.54, 1.807) is 12.1 Å². The van der Waals surface area contributed by atoms with Crippen LogP contribution in [0.15, 0.2) is 45.9 Å². The molecule has 0 saturated heterocycles. The highest BCUT2D eigenvalue weighted by atomic mass is 32.2. The topological polar surface area (TPSA) is 107 Å². The monoisotopic (exact) mass is 354 g/mol. The summed E-state index contributed by atoms with van der Waals surface area (Å²) in [6.07, 6.45) is 1.49. The fourth-order valence-electron chi connectivity index (χ4n) is 1.90. The number of nitrogens with one attached hydrogen (secondary N) is 2. The molecule has 0 radical (unpaired) electrons. The van der Waals surface area contributed by atoms with Crippen LogP contribution >= 0.6 is 0 Å². The number of carbonyl (C=O) groups excluding carboxylic acids is 1. The summed E-state index contributed by atoms with van der Waals surface area (Å²) < 4.78 is 42.0. The Kier molecular flexibility index (Phi) is 5.83. The molecule has 0 atom stereocenters. The maximum Gasteiger partial charge on any atom is 0.244 e. The Labute approximate surface area is 139 Å². The molecule has 1 aromatic carbocycles. The summed E-state index contributed by atoms with van der Waals surface area (Å²) in [5.74, 6) is 0.672. The summed E-state index contributed by atoms with van der Waals surface area (Å²) in [4.78, 5) is 11.7. The van der Waals surface area contributed by atoms with Crippen molar-refractivity contribution in [3.63, 3.8) is 0 Å². The van der Waals surface area contributed by atoms with Gasteiger partial charge in [-0.15, -0.1) is 0 Å². The first-order chi connectivity index (χ1) is 11.5. The first-order valence-corrected chi connectivity index (χ1v) is 8.45. The van der Waals surface area contributed by atoms with Gasteiger partial charge in [-0.1, -0.05) is 0 Å². The number of rotatable bonds is 8. The highest BCUT2D eigenvalue weighted by molar-refractivity contribution is 7.89. The third-order valence-electron chi connectivity index (χ3n) is 3.12. The summed E-state index contributed by atoms with van der Waals surface area (Å²) in [5.41, 5.74) is 0. The quantitative estimate of drug-likeness (QED) is 0.729. The molecule has 0 aliphatic carbocycles. The van der Waals surface area contributed by atoms with Crippen molar-refractivity contribution in [1.29, 1.82) is 0 Å². The lowest BCUT2D eigenvalue weighted by Gasteiger charge is -2.12. The van der Waals surface area contributed by atoms with Gasteiger partial charge >= 0.3 is 0 Å². The second kappa shape index (κ2) is 7.84. The van der Waals surface area contributed by atoms with Crippen LogP contribution < -0.4 is 19.5 Å². The lowest BCUT2D eigenvalue weighted by Crippen LogP contribution is -2.36. The predicted molar refractivity (Wildman–Crippen MR) is 85.3 cm³/mol. The van der Waals surface area contributed by atoms with Gasteiger partial charge in [0, 0.05) is 6.07 Å². The van der Waals surface area contributed by atoms with Crippen LogP contribution in [0.4, 0.5) is 0 Å². The second-order valence-corrected chi connectivity index (χ2v) is 6.43. The number of hydrogen-bond acceptors (Lipinski definition) is 6. The van der Waals surface area contributed by atoms with E-state index in [1.165, 1.54) is 38.7 Å². The fraction of sp³-hybridized carbons (Fsp3) is 0.267. The van der Waals surface area contributed by atoms with E-state index in [2.05, 4.69) is 10.0 Å². The molecule has 0 fully saturated rings. The Balaban J connectivity index is 1.99. The highest BCUT2D eigenvalue weighted by Crippen LogP contribution is 2.28. The van der Waals surface area contributed by atoms with Gasteiger partial charge in [-0.3, -0.25) is 4.79 Å². The van der Waals surface area contributed by atoms with Gasteiger partial charge in [0.15, 0.2) is 0 Å². The molecular formula is C15H18N2O6S. The normalized spacial score (nSPS) is 11.1. The van der Waals surface area contributed by atoms with Crippen LogP contribution in [0.1, 0.15) is 5.76 Å². The van der Waals surface area contributed by atoms with E-state index < -0.39 is 22.5 Å². The van der Waals surface area contributed by atoms with Crippen molar-refractivity contribution in [3.05, 3.63) is 42.4 Å². The van der Waals surface area contributed by atoms with Gasteiger partial charge in [-0.05, 0) is 24.3 Å². The maximum atomic E-state index is 12.3. The van der Waals surface area contributed by atoms with Crippen molar-refractivity contribution in [2.24, 2.45) is 0 Å². The number of methoxy groups -OCH3 is 2. The Morgan fingerprint density at radius 1 is 1.21 bits per heavy atom. The molecule has 8 nitrogen and oxygen atoms in total. The molecular weight excluding hydrogens is 336 g/mol. The summed E-state index contributed by atoms with van der Waals surface area (Å²) in [5, 5.41) is 2.55. The van der Waals surface area contributed by atoms with Crippen molar-refractivity contribution >= 4 is 15.9 Å².